The maximum Gasteiger partial charge on any atom is 0.255 e. The standard InChI is InChI=1S/C14H13ClN2O3S2/c1-21-11-5-3-10(4-6-11)17-14(18)9-2-7-12(15)13(8-9)22(16,19)20/h2-8H,1H3,(H,17,18)(H2,16,19,20). The number of carbonyl (C=O) groups is 1. The number of hydrogen-bond donors (Lipinski definition) is 2. The highest BCUT2D eigenvalue weighted by Crippen LogP contribution is 2.22. The molecule has 0 spiro atoms. The number of halogens is 1. The molecule has 0 saturated heterocycles. The van der Waals surface area contributed by atoms with Gasteiger partial charge in [0.25, 0.3) is 5.91 Å². The maximum atomic E-state index is 12.2. The van der Waals surface area contributed by atoms with Crippen LogP contribution in [0, 0.1) is 0 Å². The summed E-state index contributed by atoms with van der Waals surface area (Å²) < 4.78 is 22.8. The van der Waals surface area contributed by atoms with E-state index in [9.17, 15) is 13.2 Å². The van der Waals surface area contributed by atoms with Crippen molar-refractivity contribution in [1.29, 1.82) is 0 Å². The first-order valence-corrected chi connectivity index (χ1v) is 9.24. The number of anilines is 1. The van der Waals surface area contributed by atoms with Crippen molar-refractivity contribution in [1.82, 2.24) is 0 Å². The van der Waals surface area contributed by atoms with Crippen LogP contribution in [0.3, 0.4) is 0 Å². The van der Waals surface area contributed by atoms with Gasteiger partial charge in [0.05, 0.1) is 5.02 Å². The second kappa shape index (κ2) is 6.70. The third-order valence-corrected chi connectivity index (χ3v) is 4.98. The Hall–Kier alpha value is -1.54. The van der Waals surface area contributed by atoms with Gasteiger partial charge in [0.1, 0.15) is 4.90 Å². The lowest BCUT2D eigenvalue weighted by atomic mass is 10.2. The first-order valence-electron chi connectivity index (χ1n) is 6.09. The summed E-state index contributed by atoms with van der Waals surface area (Å²) in [4.78, 5) is 13.0. The molecule has 5 nitrogen and oxygen atoms in total. The number of benzene rings is 2. The van der Waals surface area contributed by atoms with E-state index in [0.29, 0.717) is 5.69 Å². The van der Waals surface area contributed by atoms with Crippen LogP contribution in [0.15, 0.2) is 52.3 Å². The summed E-state index contributed by atoms with van der Waals surface area (Å²) in [6.07, 6.45) is 1.95. The Labute approximate surface area is 137 Å². The minimum atomic E-state index is -3.99. The lowest BCUT2D eigenvalue weighted by Crippen LogP contribution is -2.16. The number of rotatable bonds is 4. The van der Waals surface area contributed by atoms with Gasteiger partial charge in [0.15, 0.2) is 0 Å². The minimum absolute atomic E-state index is 0.0247. The van der Waals surface area contributed by atoms with Crippen LogP contribution < -0.4 is 10.5 Å². The normalized spacial score (nSPS) is 11.2. The topological polar surface area (TPSA) is 89.3 Å². The summed E-state index contributed by atoms with van der Waals surface area (Å²) >= 11 is 7.38. The lowest BCUT2D eigenvalue weighted by Gasteiger charge is -2.08. The van der Waals surface area contributed by atoms with E-state index in [1.165, 1.54) is 12.1 Å². The predicted octanol–water partition coefficient (Wildman–Crippen LogP) is 2.96. The average molecular weight is 357 g/mol. The molecule has 1 amide bonds. The van der Waals surface area contributed by atoms with Crippen molar-refractivity contribution in [2.75, 3.05) is 11.6 Å². The van der Waals surface area contributed by atoms with Gasteiger partial charge in [-0.15, -0.1) is 11.8 Å². The second-order valence-electron chi connectivity index (χ2n) is 4.37. The summed E-state index contributed by atoms with van der Waals surface area (Å²) in [5.74, 6) is -0.446. The third kappa shape index (κ3) is 4.01. The molecule has 0 fully saturated rings. The number of nitrogens with one attached hydrogen (secondary N) is 1. The first-order chi connectivity index (χ1) is 10.3. The Balaban J connectivity index is 2.26. The summed E-state index contributed by atoms with van der Waals surface area (Å²) in [5.41, 5.74) is 0.761. The molecule has 0 aliphatic rings. The first kappa shape index (κ1) is 16.8. The van der Waals surface area contributed by atoms with E-state index in [0.717, 1.165) is 11.0 Å². The number of carbonyl (C=O) groups excluding carboxylic acids is 1. The van der Waals surface area contributed by atoms with Crippen LogP contribution in [-0.4, -0.2) is 20.6 Å². The van der Waals surface area contributed by atoms with Gasteiger partial charge in [-0.1, -0.05) is 11.6 Å². The van der Waals surface area contributed by atoms with Crippen molar-refractivity contribution in [3.05, 3.63) is 53.1 Å². The minimum Gasteiger partial charge on any atom is -0.322 e. The zero-order valence-electron chi connectivity index (χ0n) is 11.5. The van der Waals surface area contributed by atoms with Gasteiger partial charge in [0, 0.05) is 16.1 Å². The number of nitrogens with two attached hydrogens (primary N) is 1. The van der Waals surface area contributed by atoms with Gasteiger partial charge in [-0.3, -0.25) is 4.79 Å². The molecule has 0 aromatic heterocycles. The summed E-state index contributed by atoms with van der Waals surface area (Å²) in [6.45, 7) is 0. The van der Waals surface area contributed by atoms with E-state index in [1.54, 1.807) is 23.9 Å². The van der Waals surface area contributed by atoms with Crippen molar-refractivity contribution in [3.8, 4) is 0 Å². The molecule has 0 saturated carbocycles. The lowest BCUT2D eigenvalue weighted by molar-refractivity contribution is 0.102. The Morgan fingerprint density at radius 3 is 2.36 bits per heavy atom. The quantitative estimate of drug-likeness (QED) is 0.824. The second-order valence-corrected chi connectivity index (χ2v) is 7.19. The molecule has 0 aliphatic carbocycles. The fourth-order valence-corrected chi connectivity index (χ4v) is 3.22. The van der Waals surface area contributed by atoms with Gasteiger partial charge in [0.2, 0.25) is 10.0 Å². The average Bonchev–Trinajstić information content (AvgIpc) is 2.47. The zero-order valence-corrected chi connectivity index (χ0v) is 13.9. The monoisotopic (exact) mass is 356 g/mol. The highest BCUT2D eigenvalue weighted by molar-refractivity contribution is 7.98. The van der Waals surface area contributed by atoms with E-state index in [-0.39, 0.29) is 15.5 Å². The molecule has 0 unspecified atom stereocenters. The molecule has 2 aromatic carbocycles. The molecule has 3 N–H and O–H groups in total. The van der Waals surface area contributed by atoms with Crippen LogP contribution in [-0.2, 0) is 10.0 Å². The van der Waals surface area contributed by atoms with E-state index in [4.69, 9.17) is 16.7 Å². The van der Waals surface area contributed by atoms with Crippen LogP contribution in [0.2, 0.25) is 5.02 Å². The Morgan fingerprint density at radius 2 is 1.82 bits per heavy atom. The number of sulfonamides is 1. The molecule has 0 heterocycles. The van der Waals surface area contributed by atoms with Gasteiger partial charge in [-0.05, 0) is 48.7 Å². The van der Waals surface area contributed by atoms with Crippen molar-refractivity contribution in [3.63, 3.8) is 0 Å². The number of hydrogen-bond acceptors (Lipinski definition) is 4. The van der Waals surface area contributed by atoms with Crippen molar-refractivity contribution < 1.29 is 13.2 Å². The zero-order chi connectivity index (χ0) is 16.3. The Kier molecular flexibility index (Phi) is 5.12. The maximum absolute atomic E-state index is 12.2. The molecule has 22 heavy (non-hydrogen) atoms. The molecule has 2 aromatic rings. The van der Waals surface area contributed by atoms with E-state index < -0.39 is 15.9 Å². The summed E-state index contributed by atoms with van der Waals surface area (Å²) in [6, 6.07) is 11.2. The molecule has 0 radical (unpaired) electrons. The highest BCUT2D eigenvalue weighted by Gasteiger charge is 2.16. The fourth-order valence-electron chi connectivity index (χ4n) is 1.74. The fraction of sp³-hybridized carbons (Fsp3) is 0.0714. The molecule has 0 aliphatic heterocycles. The van der Waals surface area contributed by atoms with Gasteiger partial charge in [-0.25, -0.2) is 13.6 Å². The number of amides is 1. The smallest absolute Gasteiger partial charge is 0.255 e. The van der Waals surface area contributed by atoms with Gasteiger partial charge < -0.3 is 5.32 Å². The summed E-state index contributed by atoms with van der Waals surface area (Å²) in [7, 11) is -3.99. The Bertz CT molecular complexity index is 805. The molecule has 2 rings (SSSR count). The van der Waals surface area contributed by atoms with Gasteiger partial charge in [-0.2, -0.15) is 0 Å². The van der Waals surface area contributed by atoms with E-state index >= 15 is 0 Å². The molecule has 116 valence electrons. The van der Waals surface area contributed by atoms with Gasteiger partial charge >= 0.3 is 0 Å². The van der Waals surface area contributed by atoms with Crippen LogP contribution in [0.5, 0.6) is 0 Å². The molecule has 0 atom stereocenters. The predicted molar refractivity (Wildman–Crippen MR) is 89.0 cm³/mol. The van der Waals surface area contributed by atoms with Crippen molar-refractivity contribution in [2.24, 2.45) is 5.14 Å². The van der Waals surface area contributed by atoms with E-state index in [2.05, 4.69) is 5.32 Å². The molecular formula is C14H13ClN2O3S2. The van der Waals surface area contributed by atoms with Crippen LogP contribution >= 0.6 is 23.4 Å². The van der Waals surface area contributed by atoms with Crippen LogP contribution in [0.25, 0.3) is 0 Å². The number of thioether (sulfide) groups is 1. The summed E-state index contributed by atoms with van der Waals surface area (Å²) in [5, 5.41) is 7.72. The SMILES string of the molecule is CSc1ccc(NC(=O)c2ccc(Cl)c(S(N)(=O)=O)c2)cc1. The largest absolute Gasteiger partial charge is 0.322 e. The highest BCUT2D eigenvalue weighted by atomic mass is 35.5. The van der Waals surface area contributed by atoms with E-state index in [1.807, 2.05) is 18.4 Å². The third-order valence-electron chi connectivity index (χ3n) is 2.85. The van der Waals surface area contributed by atoms with Crippen LogP contribution in [0.4, 0.5) is 5.69 Å². The van der Waals surface area contributed by atoms with Crippen molar-refractivity contribution in [2.45, 2.75) is 9.79 Å². The number of primary sulfonamides is 1. The molecule has 0 bridgehead atoms. The molecular weight excluding hydrogens is 344 g/mol. The molecule has 8 heteroatoms. The van der Waals surface area contributed by atoms with Crippen molar-refractivity contribution >= 4 is 45.0 Å². The van der Waals surface area contributed by atoms with Crippen LogP contribution in [0.1, 0.15) is 10.4 Å². The Morgan fingerprint density at radius 1 is 1.18 bits per heavy atom.